The molecule has 1 heterocycles. The predicted octanol–water partition coefficient (Wildman–Crippen LogP) is 1.49. The second-order valence-electron chi connectivity index (χ2n) is 5.11. The Morgan fingerprint density at radius 1 is 1.31 bits per heavy atom. The summed E-state index contributed by atoms with van der Waals surface area (Å²) in [5.41, 5.74) is 0.299. The summed E-state index contributed by atoms with van der Waals surface area (Å²) in [6.45, 7) is 2.76. The Morgan fingerprint density at radius 3 is 2.38 bits per heavy atom. The fourth-order valence-corrected chi connectivity index (χ4v) is 2.45. The second-order valence-corrected chi connectivity index (χ2v) is 5.11. The standard InChI is InChI=1S/C11H21NO/c1-12-6-4-11(9-13,5-7-12)8-10-2-3-10/h10,13H,2-9H2,1H3. The summed E-state index contributed by atoms with van der Waals surface area (Å²) in [6.07, 6.45) is 6.53. The van der Waals surface area contributed by atoms with Crippen molar-refractivity contribution in [3.8, 4) is 0 Å². The van der Waals surface area contributed by atoms with E-state index in [0.717, 1.165) is 5.92 Å². The van der Waals surface area contributed by atoms with Gasteiger partial charge in [-0.3, -0.25) is 0 Å². The molecule has 13 heavy (non-hydrogen) atoms. The van der Waals surface area contributed by atoms with Gasteiger partial charge in [-0.2, -0.15) is 0 Å². The Bertz CT molecular complexity index is 169. The number of nitrogens with zero attached hydrogens (tertiary/aromatic N) is 1. The highest BCUT2D eigenvalue weighted by atomic mass is 16.3. The molecule has 2 nitrogen and oxygen atoms in total. The molecule has 2 rings (SSSR count). The van der Waals surface area contributed by atoms with Gasteiger partial charge in [-0.05, 0) is 50.7 Å². The first-order valence-electron chi connectivity index (χ1n) is 5.53. The molecule has 1 saturated heterocycles. The van der Waals surface area contributed by atoms with Gasteiger partial charge in [0.15, 0.2) is 0 Å². The summed E-state index contributed by atoms with van der Waals surface area (Å²) in [5, 5.41) is 9.49. The molecule has 0 amide bonds. The molecule has 0 spiro atoms. The molecular formula is C11H21NO. The SMILES string of the molecule is CN1CCC(CO)(CC2CC2)CC1. The van der Waals surface area contributed by atoms with Gasteiger partial charge in [0.05, 0.1) is 0 Å². The summed E-state index contributed by atoms with van der Waals surface area (Å²) >= 11 is 0. The van der Waals surface area contributed by atoms with Gasteiger partial charge in [-0.1, -0.05) is 12.8 Å². The van der Waals surface area contributed by atoms with Crippen molar-refractivity contribution >= 4 is 0 Å². The first-order valence-corrected chi connectivity index (χ1v) is 5.53. The minimum absolute atomic E-state index is 0.299. The van der Waals surface area contributed by atoms with Gasteiger partial charge < -0.3 is 10.0 Å². The Kier molecular flexibility index (Phi) is 2.61. The van der Waals surface area contributed by atoms with Crippen LogP contribution >= 0.6 is 0 Å². The zero-order valence-corrected chi connectivity index (χ0v) is 8.63. The van der Waals surface area contributed by atoms with Gasteiger partial charge in [-0.25, -0.2) is 0 Å². The lowest BCUT2D eigenvalue weighted by Gasteiger charge is -2.39. The molecule has 0 radical (unpaired) electrons. The topological polar surface area (TPSA) is 23.5 Å². The minimum atomic E-state index is 0.299. The maximum absolute atomic E-state index is 9.49. The van der Waals surface area contributed by atoms with E-state index in [1.807, 2.05) is 0 Å². The Balaban J connectivity index is 1.89. The number of aliphatic hydroxyl groups is 1. The second kappa shape index (κ2) is 3.58. The van der Waals surface area contributed by atoms with E-state index in [2.05, 4.69) is 11.9 Å². The van der Waals surface area contributed by atoms with Crippen LogP contribution in [0.2, 0.25) is 0 Å². The maximum atomic E-state index is 9.49. The summed E-state index contributed by atoms with van der Waals surface area (Å²) in [6, 6.07) is 0. The summed E-state index contributed by atoms with van der Waals surface area (Å²) < 4.78 is 0. The summed E-state index contributed by atoms with van der Waals surface area (Å²) in [5.74, 6) is 0.954. The van der Waals surface area contributed by atoms with Gasteiger partial charge in [0, 0.05) is 6.61 Å². The molecule has 1 saturated carbocycles. The van der Waals surface area contributed by atoms with E-state index >= 15 is 0 Å². The van der Waals surface area contributed by atoms with Crippen molar-refractivity contribution < 1.29 is 5.11 Å². The lowest BCUT2D eigenvalue weighted by Crippen LogP contribution is -2.40. The Hall–Kier alpha value is -0.0800. The predicted molar refractivity (Wildman–Crippen MR) is 53.6 cm³/mol. The monoisotopic (exact) mass is 183 g/mol. The van der Waals surface area contributed by atoms with Crippen LogP contribution in [0.5, 0.6) is 0 Å². The average molecular weight is 183 g/mol. The van der Waals surface area contributed by atoms with Crippen LogP contribution in [0.4, 0.5) is 0 Å². The van der Waals surface area contributed by atoms with Crippen LogP contribution in [0.1, 0.15) is 32.1 Å². The number of rotatable bonds is 3. The van der Waals surface area contributed by atoms with Crippen LogP contribution < -0.4 is 0 Å². The van der Waals surface area contributed by atoms with E-state index < -0.39 is 0 Å². The molecule has 1 aliphatic heterocycles. The molecule has 1 N–H and O–H groups in total. The smallest absolute Gasteiger partial charge is 0.0488 e. The molecular weight excluding hydrogens is 162 g/mol. The van der Waals surface area contributed by atoms with Crippen LogP contribution in [0.15, 0.2) is 0 Å². The highest BCUT2D eigenvalue weighted by molar-refractivity contribution is 4.90. The van der Waals surface area contributed by atoms with Crippen LogP contribution in [0.25, 0.3) is 0 Å². The van der Waals surface area contributed by atoms with Gasteiger partial charge in [0.25, 0.3) is 0 Å². The van der Waals surface area contributed by atoms with Gasteiger partial charge in [0.2, 0.25) is 0 Å². The third-order valence-electron chi connectivity index (χ3n) is 3.80. The summed E-state index contributed by atoms with van der Waals surface area (Å²) in [7, 11) is 2.18. The van der Waals surface area contributed by atoms with Gasteiger partial charge in [0.1, 0.15) is 0 Å². The third-order valence-corrected chi connectivity index (χ3v) is 3.80. The van der Waals surface area contributed by atoms with Crippen LogP contribution in [0, 0.1) is 11.3 Å². The molecule has 0 aromatic carbocycles. The lowest BCUT2D eigenvalue weighted by atomic mass is 9.75. The summed E-state index contributed by atoms with van der Waals surface area (Å²) in [4.78, 5) is 2.38. The normalized spacial score (nSPS) is 29.1. The number of aliphatic hydroxyl groups excluding tert-OH is 1. The fraction of sp³-hybridized carbons (Fsp3) is 1.00. The molecule has 2 fully saturated rings. The molecule has 76 valence electrons. The Labute approximate surface area is 80.9 Å². The van der Waals surface area contributed by atoms with E-state index in [1.54, 1.807) is 0 Å². The maximum Gasteiger partial charge on any atom is 0.0488 e. The largest absolute Gasteiger partial charge is 0.396 e. The highest BCUT2D eigenvalue weighted by Gasteiger charge is 2.38. The van der Waals surface area contributed by atoms with Gasteiger partial charge >= 0.3 is 0 Å². The highest BCUT2D eigenvalue weighted by Crippen LogP contribution is 2.45. The van der Waals surface area contributed by atoms with Crippen molar-refractivity contribution in [3.63, 3.8) is 0 Å². The van der Waals surface area contributed by atoms with Crippen LogP contribution in [0.3, 0.4) is 0 Å². The van der Waals surface area contributed by atoms with E-state index in [4.69, 9.17) is 0 Å². The quantitative estimate of drug-likeness (QED) is 0.716. The Morgan fingerprint density at radius 2 is 1.92 bits per heavy atom. The number of piperidine rings is 1. The van der Waals surface area contributed by atoms with Crippen LogP contribution in [-0.4, -0.2) is 36.8 Å². The lowest BCUT2D eigenvalue weighted by molar-refractivity contribution is 0.0410. The minimum Gasteiger partial charge on any atom is -0.396 e. The van der Waals surface area contributed by atoms with Crippen molar-refractivity contribution in [1.29, 1.82) is 0 Å². The third kappa shape index (κ3) is 2.23. The van der Waals surface area contributed by atoms with Gasteiger partial charge in [-0.15, -0.1) is 0 Å². The molecule has 1 aliphatic carbocycles. The molecule has 0 atom stereocenters. The number of hydrogen-bond donors (Lipinski definition) is 1. The van der Waals surface area contributed by atoms with E-state index in [0.29, 0.717) is 12.0 Å². The van der Waals surface area contributed by atoms with Crippen LogP contribution in [-0.2, 0) is 0 Å². The van der Waals surface area contributed by atoms with Crippen molar-refractivity contribution in [3.05, 3.63) is 0 Å². The molecule has 0 unspecified atom stereocenters. The van der Waals surface area contributed by atoms with Crippen molar-refractivity contribution in [1.82, 2.24) is 4.90 Å². The van der Waals surface area contributed by atoms with Crippen molar-refractivity contribution in [2.45, 2.75) is 32.1 Å². The zero-order valence-electron chi connectivity index (χ0n) is 8.63. The molecule has 2 aliphatic rings. The molecule has 0 aromatic heterocycles. The number of hydrogen-bond acceptors (Lipinski definition) is 2. The molecule has 0 aromatic rings. The molecule has 2 heteroatoms. The first kappa shape index (κ1) is 9.47. The van der Waals surface area contributed by atoms with E-state index in [1.165, 1.54) is 45.2 Å². The number of likely N-dealkylation sites (tertiary alicyclic amines) is 1. The van der Waals surface area contributed by atoms with Crippen molar-refractivity contribution in [2.75, 3.05) is 26.7 Å². The van der Waals surface area contributed by atoms with E-state index in [9.17, 15) is 5.11 Å². The fourth-order valence-electron chi connectivity index (χ4n) is 2.45. The zero-order chi connectivity index (χ0) is 9.31. The van der Waals surface area contributed by atoms with Crippen molar-refractivity contribution in [2.24, 2.45) is 11.3 Å². The molecule has 0 bridgehead atoms. The van der Waals surface area contributed by atoms with E-state index in [-0.39, 0.29) is 0 Å². The first-order chi connectivity index (χ1) is 6.24. The average Bonchev–Trinajstić information content (AvgIpc) is 2.94.